The lowest BCUT2D eigenvalue weighted by atomic mass is 10.7. The lowest BCUT2D eigenvalue weighted by Crippen LogP contribution is -2.04. The van der Waals surface area contributed by atoms with Crippen LogP contribution in [0.25, 0.3) is 0 Å². The third-order valence-corrected chi connectivity index (χ3v) is 0.749. The summed E-state index contributed by atoms with van der Waals surface area (Å²) in [5.41, 5.74) is 0. The predicted molar refractivity (Wildman–Crippen MR) is 42.0 cm³/mol. The van der Waals surface area contributed by atoms with Crippen LogP contribution in [0.15, 0.2) is 0 Å². The molecule has 0 amide bonds. The van der Waals surface area contributed by atoms with Crippen LogP contribution in [0.1, 0.15) is 20.8 Å². The zero-order chi connectivity index (χ0) is 9.28. The second kappa shape index (κ2) is 9.84. The molecule has 4 nitrogen and oxygen atoms in total. The maximum absolute atomic E-state index is 8.33. The van der Waals surface area contributed by atoms with Gasteiger partial charge in [0.25, 0.3) is 0 Å². The first-order valence-corrected chi connectivity index (χ1v) is 3.55. The van der Waals surface area contributed by atoms with Gasteiger partial charge in [-0.25, -0.2) is 0 Å². The van der Waals surface area contributed by atoms with E-state index in [1.165, 1.54) is 7.11 Å². The number of aliphatic hydroxyl groups is 2. The van der Waals surface area contributed by atoms with Crippen molar-refractivity contribution >= 4 is 0 Å². The molecule has 0 aromatic heterocycles. The Morgan fingerprint density at radius 3 is 1.55 bits per heavy atom. The van der Waals surface area contributed by atoms with E-state index in [0.717, 1.165) is 0 Å². The van der Waals surface area contributed by atoms with E-state index in [0.29, 0.717) is 6.61 Å². The molecule has 0 aliphatic carbocycles. The molecule has 0 aromatic rings. The van der Waals surface area contributed by atoms with E-state index in [-0.39, 0.29) is 0 Å². The van der Waals surface area contributed by atoms with Crippen LogP contribution in [0.4, 0.5) is 0 Å². The van der Waals surface area contributed by atoms with E-state index in [2.05, 4.69) is 9.47 Å². The van der Waals surface area contributed by atoms with Gasteiger partial charge in [0, 0.05) is 13.7 Å². The minimum absolute atomic E-state index is 0.581. The van der Waals surface area contributed by atoms with Gasteiger partial charge in [0.2, 0.25) is 0 Å². The van der Waals surface area contributed by atoms with Gasteiger partial charge in [-0.3, -0.25) is 0 Å². The maximum atomic E-state index is 8.33. The van der Waals surface area contributed by atoms with Crippen LogP contribution < -0.4 is 0 Å². The molecule has 0 heterocycles. The van der Waals surface area contributed by atoms with E-state index in [1.807, 2.05) is 6.92 Å². The zero-order valence-corrected chi connectivity index (χ0v) is 7.57. The molecule has 2 atom stereocenters. The Morgan fingerprint density at radius 1 is 1.18 bits per heavy atom. The maximum Gasteiger partial charge on any atom is 0.151 e. The van der Waals surface area contributed by atoms with E-state index in [4.69, 9.17) is 10.2 Å². The number of rotatable bonds is 3. The molecule has 0 aromatic carbocycles. The lowest BCUT2D eigenvalue weighted by Gasteiger charge is -1.99. The van der Waals surface area contributed by atoms with Crippen molar-refractivity contribution < 1.29 is 19.7 Å². The van der Waals surface area contributed by atoms with Crippen LogP contribution in [-0.2, 0) is 9.47 Å². The van der Waals surface area contributed by atoms with E-state index in [1.54, 1.807) is 13.8 Å². The molecule has 0 aliphatic heterocycles. The fourth-order valence-electron chi connectivity index (χ4n) is 0.241. The standard InChI is InChI=1S/C4H10O2.C3H8O2/c1-3-6-4(2)5;1-3(4)5-2/h4-5H,3H2,1-2H3;3-4H,1-2H3. The smallest absolute Gasteiger partial charge is 0.151 e. The van der Waals surface area contributed by atoms with Crippen LogP contribution in [-0.4, -0.2) is 36.5 Å². The summed E-state index contributed by atoms with van der Waals surface area (Å²) in [6, 6.07) is 0. The lowest BCUT2D eigenvalue weighted by molar-refractivity contribution is -0.0800. The average Bonchev–Trinajstić information content (AvgIpc) is 1.89. The second-order valence-corrected chi connectivity index (χ2v) is 1.89. The van der Waals surface area contributed by atoms with Crippen molar-refractivity contribution in [3.05, 3.63) is 0 Å². The Labute approximate surface area is 67.8 Å². The van der Waals surface area contributed by atoms with Gasteiger partial charge in [-0.15, -0.1) is 0 Å². The summed E-state index contributed by atoms with van der Waals surface area (Å²) in [4.78, 5) is 0. The van der Waals surface area contributed by atoms with E-state index < -0.39 is 12.6 Å². The minimum atomic E-state index is -0.616. The zero-order valence-electron chi connectivity index (χ0n) is 7.57. The predicted octanol–water partition coefficient (Wildman–Crippen LogP) is 0.332. The Hall–Kier alpha value is -0.160. The van der Waals surface area contributed by atoms with Crippen molar-refractivity contribution in [2.45, 2.75) is 33.4 Å². The van der Waals surface area contributed by atoms with Crippen LogP contribution in [0.5, 0.6) is 0 Å². The number of aliphatic hydroxyl groups excluding tert-OH is 2. The van der Waals surface area contributed by atoms with Crippen LogP contribution in [0.3, 0.4) is 0 Å². The molecule has 0 bridgehead atoms. The SMILES string of the molecule is CCOC(C)O.COC(C)O. The molecule has 2 N–H and O–H groups in total. The Bertz CT molecular complexity index is 63.5. The van der Waals surface area contributed by atoms with Gasteiger partial charge < -0.3 is 19.7 Å². The van der Waals surface area contributed by atoms with Crippen LogP contribution in [0.2, 0.25) is 0 Å². The van der Waals surface area contributed by atoms with Gasteiger partial charge in [0.05, 0.1) is 0 Å². The van der Waals surface area contributed by atoms with Crippen molar-refractivity contribution in [1.29, 1.82) is 0 Å². The van der Waals surface area contributed by atoms with Crippen molar-refractivity contribution in [3.8, 4) is 0 Å². The third-order valence-electron chi connectivity index (χ3n) is 0.749. The first-order chi connectivity index (χ1) is 5.04. The highest BCUT2D eigenvalue weighted by atomic mass is 16.6. The van der Waals surface area contributed by atoms with Gasteiger partial charge in [-0.1, -0.05) is 0 Å². The van der Waals surface area contributed by atoms with Crippen molar-refractivity contribution in [3.63, 3.8) is 0 Å². The van der Waals surface area contributed by atoms with Crippen LogP contribution in [0, 0.1) is 0 Å². The summed E-state index contributed by atoms with van der Waals surface area (Å²) >= 11 is 0. The topological polar surface area (TPSA) is 58.9 Å². The number of hydrogen-bond donors (Lipinski definition) is 2. The molecule has 0 fully saturated rings. The highest BCUT2D eigenvalue weighted by molar-refractivity contribution is 4.17. The van der Waals surface area contributed by atoms with Crippen LogP contribution >= 0.6 is 0 Å². The van der Waals surface area contributed by atoms with Crippen molar-refractivity contribution in [2.75, 3.05) is 13.7 Å². The molecule has 70 valence electrons. The Balaban J connectivity index is 0. The fourth-order valence-corrected chi connectivity index (χ4v) is 0.241. The molecule has 4 heteroatoms. The number of ether oxygens (including phenoxy) is 2. The summed E-state index contributed by atoms with van der Waals surface area (Å²) in [6.07, 6.45) is -1.22. The molecule has 0 radical (unpaired) electrons. The highest BCUT2D eigenvalue weighted by Gasteiger charge is 1.85. The van der Waals surface area contributed by atoms with Gasteiger partial charge in [-0.2, -0.15) is 0 Å². The molecular weight excluding hydrogens is 148 g/mol. The minimum Gasteiger partial charge on any atom is -0.368 e. The summed E-state index contributed by atoms with van der Waals surface area (Å²) in [5.74, 6) is 0. The second-order valence-electron chi connectivity index (χ2n) is 1.89. The summed E-state index contributed by atoms with van der Waals surface area (Å²) in [7, 11) is 1.45. The molecule has 0 saturated carbocycles. The Morgan fingerprint density at radius 2 is 1.55 bits per heavy atom. The number of methoxy groups -OCH3 is 1. The Kier molecular flexibility index (Phi) is 12.0. The van der Waals surface area contributed by atoms with Gasteiger partial charge in [-0.05, 0) is 20.8 Å². The number of hydrogen-bond acceptors (Lipinski definition) is 4. The molecule has 11 heavy (non-hydrogen) atoms. The van der Waals surface area contributed by atoms with Crippen molar-refractivity contribution in [1.82, 2.24) is 0 Å². The van der Waals surface area contributed by atoms with E-state index >= 15 is 0 Å². The molecule has 2 unspecified atom stereocenters. The largest absolute Gasteiger partial charge is 0.368 e. The highest BCUT2D eigenvalue weighted by Crippen LogP contribution is 1.78. The summed E-state index contributed by atoms with van der Waals surface area (Å²) < 4.78 is 8.90. The first-order valence-electron chi connectivity index (χ1n) is 3.55. The first kappa shape index (κ1) is 13.4. The van der Waals surface area contributed by atoms with Gasteiger partial charge in [0.15, 0.2) is 12.6 Å². The average molecular weight is 166 g/mol. The molecule has 0 saturated heterocycles. The van der Waals surface area contributed by atoms with Gasteiger partial charge in [0.1, 0.15) is 0 Å². The van der Waals surface area contributed by atoms with Crippen molar-refractivity contribution in [2.24, 2.45) is 0 Å². The summed E-state index contributed by atoms with van der Waals surface area (Å²) in [5, 5.41) is 16.5. The normalized spacial score (nSPS) is 14.7. The molecular formula is C7H18O4. The third kappa shape index (κ3) is 25.8. The monoisotopic (exact) mass is 166 g/mol. The molecule has 0 aliphatic rings. The fraction of sp³-hybridized carbons (Fsp3) is 1.00. The van der Waals surface area contributed by atoms with E-state index in [9.17, 15) is 0 Å². The molecule has 0 rings (SSSR count). The summed E-state index contributed by atoms with van der Waals surface area (Å²) in [6.45, 7) is 5.56. The molecule has 0 spiro atoms. The quantitative estimate of drug-likeness (QED) is 0.593. The van der Waals surface area contributed by atoms with Gasteiger partial charge >= 0.3 is 0 Å².